The molecule has 3 rings (SSSR count). The van der Waals surface area contributed by atoms with E-state index in [4.69, 9.17) is 0 Å². The molecule has 0 amide bonds. The summed E-state index contributed by atoms with van der Waals surface area (Å²) in [5.41, 5.74) is 0.984. The first kappa shape index (κ1) is 4.76. The highest BCUT2D eigenvalue weighted by atomic mass is 14.7. The van der Waals surface area contributed by atoms with Gasteiger partial charge in [0, 0.05) is 0 Å². The lowest BCUT2D eigenvalue weighted by molar-refractivity contribution is 0.0882. The van der Waals surface area contributed by atoms with Crippen LogP contribution in [0.3, 0.4) is 0 Å². The van der Waals surface area contributed by atoms with E-state index in [2.05, 4.69) is 0 Å². The molecule has 0 aromatic rings. The summed E-state index contributed by atoms with van der Waals surface area (Å²) in [7, 11) is 0. The van der Waals surface area contributed by atoms with Gasteiger partial charge in [-0.25, -0.2) is 0 Å². The van der Waals surface area contributed by atoms with E-state index in [0.29, 0.717) is 0 Å². The van der Waals surface area contributed by atoms with Gasteiger partial charge in [-0.3, -0.25) is 0 Å². The van der Waals surface area contributed by atoms with Crippen LogP contribution in [-0.2, 0) is 0 Å². The maximum atomic E-state index is 1.62. The van der Waals surface area contributed by atoms with E-state index in [1.54, 1.807) is 38.5 Å². The summed E-state index contributed by atoms with van der Waals surface area (Å²) in [6.45, 7) is 0. The van der Waals surface area contributed by atoms with Crippen molar-refractivity contribution < 1.29 is 0 Å². The maximum Gasteiger partial charge on any atom is -0.0238 e. The molecule has 50 valence electrons. The molecule has 3 atom stereocenters. The number of hydrogen-bond donors (Lipinski definition) is 0. The average molecular weight is 122 g/mol. The van der Waals surface area contributed by atoms with Gasteiger partial charge < -0.3 is 0 Å². The Morgan fingerprint density at radius 3 is 2.44 bits per heavy atom. The highest BCUT2D eigenvalue weighted by Gasteiger charge is 2.64. The second-order valence-electron chi connectivity index (χ2n) is 4.30. The van der Waals surface area contributed by atoms with E-state index in [1.165, 1.54) is 11.8 Å². The lowest BCUT2D eigenvalue weighted by Gasteiger charge is -2.41. The summed E-state index contributed by atoms with van der Waals surface area (Å²) in [6.07, 6.45) is 9.51. The van der Waals surface area contributed by atoms with Crippen LogP contribution in [0.5, 0.6) is 0 Å². The topological polar surface area (TPSA) is 0 Å². The Morgan fingerprint density at radius 2 is 1.89 bits per heavy atom. The largest absolute Gasteiger partial charge is 0.0527 e. The normalized spacial score (nSPS) is 61.3. The van der Waals surface area contributed by atoms with Gasteiger partial charge in [-0.15, -0.1) is 0 Å². The SMILES string of the molecule is C1CC2CCC23CC3C1. The molecule has 3 aliphatic carbocycles. The molecule has 1 spiro atoms. The van der Waals surface area contributed by atoms with Crippen molar-refractivity contribution in [2.75, 3.05) is 0 Å². The molecule has 0 aromatic heterocycles. The highest BCUT2D eigenvalue weighted by molar-refractivity contribution is 5.13. The zero-order valence-corrected chi connectivity index (χ0v) is 5.90. The fourth-order valence-corrected chi connectivity index (χ4v) is 3.36. The van der Waals surface area contributed by atoms with Gasteiger partial charge in [0.15, 0.2) is 0 Å². The Morgan fingerprint density at radius 1 is 1.00 bits per heavy atom. The Kier molecular flexibility index (Phi) is 0.640. The van der Waals surface area contributed by atoms with Crippen LogP contribution in [0, 0.1) is 17.3 Å². The first-order valence-corrected chi connectivity index (χ1v) is 4.42. The van der Waals surface area contributed by atoms with Crippen molar-refractivity contribution in [3.05, 3.63) is 0 Å². The van der Waals surface area contributed by atoms with Crippen LogP contribution >= 0.6 is 0 Å². The fraction of sp³-hybridized carbons (Fsp3) is 1.00. The molecule has 0 saturated heterocycles. The van der Waals surface area contributed by atoms with E-state index in [-0.39, 0.29) is 0 Å². The van der Waals surface area contributed by atoms with Gasteiger partial charge in [0.1, 0.15) is 0 Å². The van der Waals surface area contributed by atoms with Gasteiger partial charge in [-0.2, -0.15) is 0 Å². The third-order valence-electron chi connectivity index (χ3n) is 4.16. The summed E-state index contributed by atoms with van der Waals surface area (Å²) >= 11 is 0. The molecule has 9 heavy (non-hydrogen) atoms. The van der Waals surface area contributed by atoms with Crippen molar-refractivity contribution in [2.45, 2.75) is 38.5 Å². The maximum absolute atomic E-state index is 1.62. The number of rotatable bonds is 0. The zero-order valence-electron chi connectivity index (χ0n) is 5.90. The van der Waals surface area contributed by atoms with Gasteiger partial charge in [0.05, 0.1) is 0 Å². The minimum atomic E-state index is 0.984. The first-order valence-electron chi connectivity index (χ1n) is 4.42. The van der Waals surface area contributed by atoms with Crippen molar-refractivity contribution >= 4 is 0 Å². The molecule has 0 heteroatoms. The van der Waals surface area contributed by atoms with Crippen LogP contribution in [0.4, 0.5) is 0 Å². The van der Waals surface area contributed by atoms with E-state index >= 15 is 0 Å². The van der Waals surface area contributed by atoms with E-state index in [0.717, 1.165) is 5.41 Å². The molecule has 0 heterocycles. The zero-order chi connectivity index (χ0) is 5.90. The van der Waals surface area contributed by atoms with Crippen LogP contribution in [0.25, 0.3) is 0 Å². The van der Waals surface area contributed by atoms with Crippen molar-refractivity contribution in [3.8, 4) is 0 Å². The van der Waals surface area contributed by atoms with Gasteiger partial charge in [0.2, 0.25) is 0 Å². The molecule has 0 aliphatic heterocycles. The van der Waals surface area contributed by atoms with Crippen molar-refractivity contribution in [1.82, 2.24) is 0 Å². The summed E-state index contributed by atoms with van der Waals surface area (Å²) in [6, 6.07) is 0. The second kappa shape index (κ2) is 1.21. The van der Waals surface area contributed by atoms with Crippen molar-refractivity contribution in [3.63, 3.8) is 0 Å². The van der Waals surface area contributed by atoms with Crippen molar-refractivity contribution in [1.29, 1.82) is 0 Å². The predicted molar refractivity (Wildman–Crippen MR) is 37.1 cm³/mol. The summed E-state index contributed by atoms with van der Waals surface area (Å²) in [5.74, 6) is 2.42. The fourth-order valence-electron chi connectivity index (χ4n) is 3.36. The van der Waals surface area contributed by atoms with Crippen LogP contribution in [0.15, 0.2) is 0 Å². The Hall–Kier alpha value is 0. The van der Waals surface area contributed by atoms with Crippen LogP contribution in [0.2, 0.25) is 0 Å². The smallest absolute Gasteiger partial charge is 0.0238 e. The van der Waals surface area contributed by atoms with Crippen LogP contribution < -0.4 is 0 Å². The molecule has 0 aromatic carbocycles. The molecule has 3 saturated carbocycles. The molecule has 0 N–H and O–H groups in total. The molecular formula is C9H14. The average Bonchev–Trinajstić information content (AvgIpc) is 2.52. The minimum absolute atomic E-state index is 0.984. The van der Waals surface area contributed by atoms with E-state index in [9.17, 15) is 0 Å². The molecule has 0 nitrogen and oxygen atoms in total. The van der Waals surface area contributed by atoms with E-state index in [1.807, 2.05) is 0 Å². The predicted octanol–water partition coefficient (Wildman–Crippen LogP) is 2.59. The van der Waals surface area contributed by atoms with Gasteiger partial charge >= 0.3 is 0 Å². The first-order chi connectivity index (χ1) is 4.42. The Labute approximate surface area is 56.6 Å². The molecule has 0 bridgehead atoms. The van der Waals surface area contributed by atoms with E-state index < -0.39 is 0 Å². The Bertz CT molecular complexity index is 150. The summed E-state index contributed by atoms with van der Waals surface area (Å²) in [4.78, 5) is 0. The Balaban J connectivity index is 1.90. The highest BCUT2D eigenvalue weighted by Crippen LogP contribution is 2.73. The third-order valence-corrected chi connectivity index (χ3v) is 4.16. The minimum Gasteiger partial charge on any atom is -0.0527 e. The molecule has 3 unspecified atom stereocenters. The third kappa shape index (κ3) is 0.395. The molecule has 3 aliphatic rings. The summed E-state index contributed by atoms with van der Waals surface area (Å²) < 4.78 is 0. The number of hydrogen-bond acceptors (Lipinski definition) is 0. The van der Waals surface area contributed by atoms with Gasteiger partial charge in [-0.1, -0.05) is 6.42 Å². The monoisotopic (exact) mass is 122 g/mol. The molecule has 0 radical (unpaired) electrons. The molecule has 3 fully saturated rings. The second-order valence-corrected chi connectivity index (χ2v) is 4.30. The quantitative estimate of drug-likeness (QED) is 0.463. The van der Waals surface area contributed by atoms with Gasteiger partial charge in [-0.05, 0) is 49.4 Å². The van der Waals surface area contributed by atoms with Crippen LogP contribution in [-0.4, -0.2) is 0 Å². The van der Waals surface area contributed by atoms with Crippen LogP contribution in [0.1, 0.15) is 38.5 Å². The lowest BCUT2D eigenvalue weighted by Crippen LogP contribution is -2.31. The lowest BCUT2D eigenvalue weighted by atomic mass is 9.64. The van der Waals surface area contributed by atoms with Crippen molar-refractivity contribution in [2.24, 2.45) is 17.3 Å². The van der Waals surface area contributed by atoms with Gasteiger partial charge in [0.25, 0.3) is 0 Å². The standard InChI is InChI=1S/C9H14/c1-2-7-4-5-9(7)6-8(9)3-1/h7-8H,1-6H2. The summed E-state index contributed by atoms with van der Waals surface area (Å²) in [5, 5.41) is 0. The molecular weight excluding hydrogens is 108 g/mol.